The molecule has 1 unspecified atom stereocenters. The van der Waals surface area contributed by atoms with Gasteiger partial charge in [-0.2, -0.15) is 0 Å². The molecule has 0 fully saturated rings. The van der Waals surface area contributed by atoms with Crippen molar-refractivity contribution in [1.29, 1.82) is 0 Å². The highest BCUT2D eigenvalue weighted by atomic mass is 16.4. The Morgan fingerprint density at radius 3 is 1.95 bits per heavy atom. The maximum absolute atomic E-state index is 10.9. The quantitative estimate of drug-likeness (QED) is 0.621. The molecule has 0 amide bonds. The molecule has 0 heterocycles. The normalized spacial score (nSPS) is 10.9. The van der Waals surface area contributed by atoms with E-state index in [4.69, 9.17) is 10.2 Å². The average molecular weight is 286 g/mol. The van der Waals surface area contributed by atoms with Crippen LogP contribution in [-0.4, -0.2) is 22.2 Å². The molecule has 0 saturated heterocycles. The number of hydrogen-bond acceptors (Lipinski definition) is 2. The van der Waals surface area contributed by atoms with Gasteiger partial charge in [-0.25, -0.2) is 4.79 Å². The second kappa shape index (κ2) is 9.97. The maximum atomic E-state index is 10.9. The summed E-state index contributed by atoms with van der Waals surface area (Å²) in [6.07, 6.45) is 6.15. The Morgan fingerprint density at radius 2 is 1.57 bits per heavy atom. The van der Waals surface area contributed by atoms with E-state index in [1.54, 1.807) is 30.4 Å². The molecule has 2 N–H and O–H groups in total. The number of benzene rings is 1. The van der Waals surface area contributed by atoms with E-state index >= 15 is 0 Å². The summed E-state index contributed by atoms with van der Waals surface area (Å²) in [6, 6.07) is 9.03. The summed E-state index contributed by atoms with van der Waals surface area (Å²) in [5.41, 5.74) is 0.446. The predicted molar refractivity (Wildman–Crippen MR) is 83.8 cm³/mol. The van der Waals surface area contributed by atoms with Crippen molar-refractivity contribution in [2.24, 2.45) is 5.92 Å². The average Bonchev–Trinajstić information content (AvgIpc) is 2.48. The van der Waals surface area contributed by atoms with Gasteiger partial charge in [-0.3, -0.25) is 4.79 Å². The first-order valence-corrected chi connectivity index (χ1v) is 6.05. The van der Waals surface area contributed by atoms with Crippen LogP contribution in [0.5, 0.6) is 0 Å². The lowest BCUT2D eigenvalue weighted by Gasteiger charge is -2.06. The molecule has 0 aromatic heterocycles. The van der Waals surface area contributed by atoms with Crippen LogP contribution in [0.4, 0.5) is 0 Å². The first-order chi connectivity index (χ1) is 9.93. The van der Waals surface area contributed by atoms with Gasteiger partial charge in [-0.15, -0.1) is 0 Å². The van der Waals surface area contributed by atoms with Crippen molar-refractivity contribution in [3.8, 4) is 0 Å². The molecule has 0 radical (unpaired) electrons. The van der Waals surface area contributed by atoms with Gasteiger partial charge in [0.1, 0.15) is 5.92 Å². The summed E-state index contributed by atoms with van der Waals surface area (Å²) in [5.74, 6) is -3.76. The molecule has 0 saturated carbocycles. The van der Waals surface area contributed by atoms with E-state index in [0.717, 1.165) is 5.56 Å². The molecule has 4 heteroatoms. The molecule has 1 rings (SSSR count). The third kappa shape index (κ3) is 7.32. The highest BCUT2D eigenvalue weighted by molar-refractivity contribution is 5.94. The van der Waals surface area contributed by atoms with Gasteiger partial charge >= 0.3 is 11.9 Å². The molecule has 1 aromatic carbocycles. The van der Waals surface area contributed by atoms with Crippen LogP contribution >= 0.6 is 0 Å². The summed E-state index contributed by atoms with van der Waals surface area (Å²) in [6.45, 7) is 9.98. The van der Waals surface area contributed by atoms with E-state index in [9.17, 15) is 9.59 Å². The van der Waals surface area contributed by atoms with Crippen LogP contribution in [0.1, 0.15) is 5.56 Å². The Bertz CT molecular complexity index is 535. The third-order valence-corrected chi connectivity index (χ3v) is 2.36. The third-order valence-electron chi connectivity index (χ3n) is 2.36. The fourth-order valence-corrected chi connectivity index (χ4v) is 1.25. The van der Waals surface area contributed by atoms with Crippen LogP contribution in [0.25, 0.3) is 6.08 Å². The van der Waals surface area contributed by atoms with Crippen molar-refractivity contribution < 1.29 is 19.8 Å². The van der Waals surface area contributed by atoms with Crippen LogP contribution in [0.15, 0.2) is 73.9 Å². The van der Waals surface area contributed by atoms with Crippen molar-refractivity contribution in [2.45, 2.75) is 0 Å². The predicted octanol–water partition coefficient (Wildman–Crippen LogP) is 3.40. The van der Waals surface area contributed by atoms with Crippen molar-refractivity contribution in [2.75, 3.05) is 0 Å². The largest absolute Gasteiger partial charge is 0.481 e. The Hall–Kier alpha value is -2.88. The zero-order valence-electron chi connectivity index (χ0n) is 11.6. The number of carboxylic acids is 2. The summed E-state index contributed by atoms with van der Waals surface area (Å²) in [7, 11) is 0. The van der Waals surface area contributed by atoms with Crippen molar-refractivity contribution >= 4 is 18.0 Å². The minimum absolute atomic E-state index is 0.357. The standard InChI is InChI=1S/C13H12O4.C4H6/c1-9(12(14)15)11(13(16)17)8-7-10-5-3-2-4-6-10;1-3-4-2/h2-8,11H,1H2,(H,14,15)(H,16,17);3-4H,1-2H2. The topological polar surface area (TPSA) is 74.6 Å². The molecule has 4 nitrogen and oxygen atoms in total. The highest BCUT2D eigenvalue weighted by Gasteiger charge is 2.22. The molecule has 1 aromatic rings. The number of carboxylic acid groups (broad SMARTS) is 2. The van der Waals surface area contributed by atoms with Gasteiger partial charge in [0.25, 0.3) is 0 Å². The molecular formula is C17H18O4. The lowest BCUT2D eigenvalue weighted by Crippen LogP contribution is -2.18. The summed E-state index contributed by atoms with van der Waals surface area (Å²) in [4.78, 5) is 21.6. The lowest BCUT2D eigenvalue weighted by atomic mass is 9.99. The summed E-state index contributed by atoms with van der Waals surface area (Å²) < 4.78 is 0. The molecule has 21 heavy (non-hydrogen) atoms. The Balaban J connectivity index is 0.000000885. The molecular weight excluding hydrogens is 268 g/mol. The molecule has 110 valence electrons. The van der Waals surface area contributed by atoms with Crippen LogP contribution in [-0.2, 0) is 9.59 Å². The molecule has 0 aliphatic carbocycles. The number of carbonyl (C=O) groups is 2. The Morgan fingerprint density at radius 1 is 1.05 bits per heavy atom. The number of aliphatic carboxylic acids is 2. The van der Waals surface area contributed by atoms with E-state index in [0.29, 0.717) is 0 Å². The van der Waals surface area contributed by atoms with E-state index in [2.05, 4.69) is 19.7 Å². The van der Waals surface area contributed by atoms with Crippen molar-refractivity contribution in [3.05, 3.63) is 79.4 Å². The Labute approximate surface area is 124 Å². The van der Waals surface area contributed by atoms with Crippen molar-refractivity contribution in [1.82, 2.24) is 0 Å². The molecule has 1 atom stereocenters. The lowest BCUT2D eigenvalue weighted by molar-refractivity contribution is -0.142. The highest BCUT2D eigenvalue weighted by Crippen LogP contribution is 2.14. The smallest absolute Gasteiger partial charge is 0.332 e. The number of hydrogen-bond donors (Lipinski definition) is 2. The van der Waals surface area contributed by atoms with Gasteiger partial charge in [0, 0.05) is 5.57 Å². The molecule has 0 bridgehead atoms. The number of allylic oxidation sites excluding steroid dienone is 2. The van der Waals surface area contributed by atoms with Gasteiger partial charge in [-0.1, -0.05) is 74.4 Å². The van der Waals surface area contributed by atoms with Crippen LogP contribution in [0.2, 0.25) is 0 Å². The van der Waals surface area contributed by atoms with E-state index in [1.807, 2.05) is 18.2 Å². The SMILES string of the molecule is C=C(C(=O)O)C(C=Cc1ccccc1)C(=O)O.C=CC=C. The zero-order valence-corrected chi connectivity index (χ0v) is 11.6. The first kappa shape index (κ1) is 18.1. The fraction of sp³-hybridized carbons (Fsp3) is 0.0588. The summed E-state index contributed by atoms with van der Waals surface area (Å²) >= 11 is 0. The van der Waals surface area contributed by atoms with Gasteiger partial charge in [0.2, 0.25) is 0 Å². The van der Waals surface area contributed by atoms with Gasteiger partial charge in [-0.05, 0) is 5.56 Å². The van der Waals surface area contributed by atoms with Crippen LogP contribution in [0.3, 0.4) is 0 Å². The molecule has 0 aliphatic rings. The Kier molecular flexibility index (Phi) is 8.61. The molecule has 0 spiro atoms. The summed E-state index contributed by atoms with van der Waals surface area (Å²) in [5, 5.41) is 17.6. The van der Waals surface area contributed by atoms with Crippen LogP contribution < -0.4 is 0 Å². The second-order valence-electron chi connectivity index (χ2n) is 3.89. The zero-order chi connectivity index (χ0) is 16.3. The van der Waals surface area contributed by atoms with Crippen molar-refractivity contribution in [3.63, 3.8) is 0 Å². The second-order valence-corrected chi connectivity index (χ2v) is 3.89. The maximum Gasteiger partial charge on any atom is 0.332 e. The van der Waals surface area contributed by atoms with Gasteiger partial charge < -0.3 is 10.2 Å². The van der Waals surface area contributed by atoms with E-state index in [1.165, 1.54) is 6.08 Å². The molecule has 0 aliphatic heterocycles. The van der Waals surface area contributed by atoms with E-state index < -0.39 is 17.9 Å². The van der Waals surface area contributed by atoms with Crippen LogP contribution in [0, 0.1) is 5.92 Å². The fourth-order valence-electron chi connectivity index (χ4n) is 1.25. The minimum atomic E-state index is -1.31. The first-order valence-electron chi connectivity index (χ1n) is 6.05. The monoisotopic (exact) mass is 286 g/mol. The van der Waals surface area contributed by atoms with E-state index in [-0.39, 0.29) is 5.57 Å². The minimum Gasteiger partial charge on any atom is -0.481 e. The van der Waals surface area contributed by atoms with Gasteiger partial charge in [0.15, 0.2) is 0 Å². The number of rotatable bonds is 6. The van der Waals surface area contributed by atoms with Gasteiger partial charge in [0.05, 0.1) is 0 Å².